The molecule has 10 aromatic rings. The van der Waals surface area contributed by atoms with Crippen LogP contribution in [-0.4, -0.2) is 4.57 Å². The lowest BCUT2D eigenvalue weighted by atomic mass is 9.94. The molecular formula is C48H31NS. The number of fused-ring (bicyclic) bond motifs is 6. The van der Waals surface area contributed by atoms with Crippen molar-refractivity contribution in [1.29, 1.82) is 0 Å². The lowest BCUT2D eigenvalue weighted by molar-refractivity contribution is 1.18. The first-order valence-corrected chi connectivity index (χ1v) is 17.9. The highest BCUT2D eigenvalue weighted by Gasteiger charge is 2.16. The van der Waals surface area contributed by atoms with Gasteiger partial charge in [0, 0.05) is 42.2 Å². The zero-order valence-corrected chi connectivity index (χ0v) is 28.1. The van der Waals surface area contributed by atoms with Gasteiger partial charge in [0.2, 0.25) is 0 Å². The number of hydrogen-bond donors (Lipinski definition) is 0. The largest absolute Gasteiger partial charge is 0.309 e. The van der Waals surface area contributed by atoms with Crippen LogP contribution >= 0.6 is 11.3 Å². The Kier molecular flexibility index (Phi) is 6.75. The van der Waals surface area contributed by atoms with Crippen LogP contribution in [0.15, 0.2) is 188 Å². The Labute approximate surface area is 295 Å². The van der Waals surface area contributed by atoms with Gasteiger partial charge in [-0.2, -0.15) is 0 Å². The molecule has 50 heavy (non-hydrogen) atoms. The molecule has 0 amide bonds. The molecule has 0 aliphatic heterocycles. The van der Waals surface area contributed by atoms with Crippen LogP contribution in [0.5, 0.6) is 0 Å². The zero-order valence-electron chi connectivity index (χ0n) is 27.3. The van der Waals surface area contributed by atoms with Gasteiger partial charge in [-0.15, -0.1) is 11.3 Å². The normalized spacial score (nSPS) is 11.6. The Morgan fingerprint density at radius 1 is 0.320 bits per heavy atom. The summed E-state index contributed by atoms with van der Waals surface area (Å²) in [6.07, 6.45) is 0. The standard InChI is InChI=1S/C48H31NS/c1-4-12-32(13-5-1)37-25-27-47-43(29-37)44-31-38(33-14-6-2-7-15-33)30-41(48(44)50-47)35-22-20-34(21-23-35)36-24-26-46-42(28-36)40-18-10-11-19-45(40)49(46)39-16-8-3-9-17-39/h1-31H. The summed E-state index contributed by atoms with van der Waals surface area (Å²) >= 11 is 1.89. The second kappa shape index (κ2) is 11.7. The Hall–Kier alpha value is -6.22. The van der Waals surface area contributed by atoms with Crippen molar-refractivity contribution in [3.8, 4) is 50.2 Å². The predicted octanol–water partition coefficient (Wildman–Crippen LogP) is 13.8. The molecule has 0 unspecified atom stereocenters. The van der Waals surface area contributed by atoms with Crippen molar-refractivity contribution in [2.45, 2.75) is 0 Å². The van der Waals surface area contributed by atoms with Crippen LogP contribution in [0.1, 0.15) is 0 Å². The number of benzene rings is 8. The van der Waals surface area contributed by atoms with Crippen LogP contribution in [0.2, 0.25) is 0 Å². The second-order valence-electron chi connectivity index (χ2n) is 12.9. The minimum Gasteiger partial charge on any atom is -0.309 e. The summed E-state index contributed by atoms with van der Waals surface area (Å²) in [5.41, 5.74) is 13.5. The minimum absolute atomic E-state index is 1.18. The second-order valence-corrected chi connectivity index (χ2v) is 14.0. The molecule has 0 N–H and O–H groups in total. The van der Waals surface area contributed by atoms with E-state index in [1.165, 1.54) is 92.2 Å². The van der Waals surface area contributed by atoms with Crippen LogP contribution < -0.4 is 0 Å². The van der Waals surface area contributed by atoms with Gasteiger partial charge >= 0.3 is 0 Å². The Bertz CT molecular complexity index is 2830. The zero-order chi connectivity index (χ0) is 33.0. The predicted molar refractivity (Wildman–Crippen MR) is 215 cm³/mol. The smallest absolute Gasteiger partial charge is 0.0541 e. The third kappa shape index (κ3) is 4.76. The van der Waals surface area contributed by atoms with Crippen LogP contribution in [0.25, 0.3) is 92.2 Å². The molecule has 0 saturated heterocycles. The van der Waals surface area contributed by atoms with Crippen LogP contribution in [0.3, 0.4) is 0 Å². The molecule has 10 rings (SSSR count). The Morgan fingerprint density at radius 3 is 1.58 bits per heavy atom. The van der Waals surface area contributed by atoms with Crippen LogP contribution in [0.4, 0.5) is 0 Å². The molecule has 0 fully saturated rings. The van der Waals surface area contributed by atoms with Gasteiger partial charge < -0.3 is 4.57 Å². The average molecular weight is 654 g/mol. The highest BCUT2D eigenvalue weighted by atomic mass is 32.1. The summed E-state index contributed by atoms with van der Waals surface area (Å²) in [5, 5.41) is 5.15. The summed E-state index contributed by atoms with van der Waals surface area (Å²) in [5.74, 6) is 0. The molecule has 2 heteroatoms. The summed E-state index contributed by atoms with van der Waals surface area (Å²) in [4.78, 5) is 0. The van der Waals surface area contributed by atoms with Gasteiger partial charge in [0.05, 0.1) is 11.0 Å². The first-order valence-electron chi connectivity index (χ1n) is 17.1. The topological polar surface area (TPSA) is 4.93 Å². The summed E-state index contributed by atoms with van der Waals surface area (Å²) in [6, 6.07) is 68.6. The maximum atomic E-state index is 2.39. The maximum absolute atomic E-state index is 2.39. The fraction of sp³-hybridized carbons (Fsp3) is 0. The van der Waals surface area contributed by atoms with Crippen molar-refractivity contribution in [2.24, 2.45) is 0 Å². The monoisotopic (exact) mass is 653 g/mol. The van der Waals surface area contributed by atoms with Gasteiger partial charge in [0.15, 0.2) is 0 Å². The van der Waals surface area contributed by atoms with E-state index >= 15 is 0 Å². The molecule has 0 radical (unpaired) electrons. The Morgan fingerprint density at radius 2 is 0.840 bits per heavy atom. The molecule has 0 bridgehead atoms. The van der Waals surface area contributed by atoms with Gasteiger partial charge in [-0.1, -0.05) is 133 Å². The lowest BCUT2D eigenvalue weighted by Gasteiger charge is -2.11. The highest BCUT2D eigenvalue weighted by molar-refractivity contribution is 7.26. The summed E-state index contributed by atoms with van der Waals surface area (Å²) in [7, 11) is 0. The highest BCUT2D eigenvalue weighted by Crippen LogP contribution is 2.44. The average Bonchev–Trinajstić information content (AvgIpc) is 3.74. The molecule has 234 valence electrons. The van der Waals surface area contributed by atoms with Crippen molar-refractivity contribution in [2.75, 3.05) is 0 Å². The number of hydrogen-bond acceptors (Lipinski definition) is 1. The SMILES string of the molecule is c1ccc(-c2ccc3sc4c(-c5ccc(-c6ccc7c(c6)c6ccccc6n7-c6ccccc6)cc5)cc(-c5ccccc5)cc4c3c2)cc1. The molecule has 8 aromatic carbocycles. The first-order chi connectivity index (χ1) is 24.8. The van der Waals surface area contributed by atoms with Crippen molar-refractivity contribution in [3.63, 3.8) is 0 Å². The van der Waals surface area contributed by atoms with Gasteiger partial charge in [0.25, 0.3) is 0 Å². The van der Waals surface area contributed by atoms with E-state index in [1.807, 2.05) is 11.3 Å². The number of para-hydroxylation sites is 2. The first kappa shape index (κ1) is 28.8. The summed E-state index contributed by atoms with van der Waals surface area (Å²) in [6.45, 7) is 0. The van der Waals surface area contributed by atoms with E-state index in [9.17, 15) is 0 Å². The van der Waals surface area contributed by atoms with E-state index < -0.39 is 0 Å². The fourth-order valence-electron chi connectivity index (χ4n) is 7.55. The quantitative estimate of drug-likeness (QED) is 0.174. The van der Waals surface area contributed by atoms with E-state index in [0.29, 0.717) is 0 Å². The molecule has 2 aromatic heterocycles. The van der Waals surface area contributed by atoms with Gasteiger partial charge in [-0.25, -0.2) is 0 Å². The number of rotatable bonds is 5. The third-order valence-corrected chi connectivity index (χ3v) is 11.2. The van der Waals surface area contributed by atoms with E-state index in [4.69, 9.17) is 0 Å². The number of aromatic nitrogens is 1. The van der Waals surface area contributed by atoms with Gasteiger partial charge in [-0.3, -0.25) is 0 Å². The molecule has 0 saturated carbocycles. The van der Waals surface area contributed by atoms with E-state index in [2.05, 4.69) is 193 Å². The van der Waals surface area contributed by atoms with Crippen molar-refractivity contribution in [1.82, 2.24) is 4.57 Å². The van der Waals surface area contributed by atoms with Crippen LogP contribution in [-0.2, 0) is 0 Å². The molecule has 1 nitrogen and oxygen atoms in total. The molecule has 0 aliphatic carbocycles. The van der Waals surface area contributed by atoms with E-state index in [-0.39, 0.29) is 0 Å². The molecule has 0 aliphatic rings. The van der Waals surface area contributed by atoms with Crippen molar-refractivity contribution < 1.29 is 0 Å². The number of nitrogens with zero attached hydrogens (tertiary/aromatic N) is 1. The summed E-state index contributed by atoms with van der Waals surface area (Å²) < 4.78 is 5.01. The maximum Gasteiger partial charge on any atom is 0.0541 e. The van der Waals surface area contributed by atoms with Crippen LogP contribution in [0, 0.1) is 0 Å². The van der Waals surface area contributed by atoms with E-state index in [1.54, 1.807) is 0 Å². The minimum atomic E-state index is 1.18. The van der Waals surface area contributed by atoms with E-state index in [0.717, 1.165) is 0 Å². The van der Waals surface area contributed by atoms with Gasteiger partial charge in [-0.05, 0) is 93.5 Å². The number of thiophene rings is 1. The molecule has 0 spiro atoms. The Balaban J connectivity index is 1.11. The van der Waals surface area contributed by atoms with Crippen molar-refractivity contribution in [3.05, 3.63) is 188 Å². The lowest BCUT2D eigenvalue weighted by Crippen LogP contribution is -1.92. The van der Waals surface area contributed by atoms with Crippen molar-refractivity contribution >= 4 is 53.3 Å². The molecule has 0 atom stereocenters. The van der Waals surface area contributed by atoms with Gasteiger partial charge in [0.1, 0.15) is 0 Å². The fourth-order valence-corrected chi connectivity index (χ4v) is 8.75. The third-order valence-electron chi connectivity index (χ3n) is 10.0. The molecule has 2 heterocycles. The molecular weight excluding hydrogens is 623 g/mol.